The Labute approximate surface area is 118 Å². The fraction of sp³-hybridized carbons (Fsp3) is 0.176. The molecule has 102 valence electrons. The molecule has 0 aliphatic carbocycles. The van der Waals surface area contributed by atoms with Crippen molar-refractivity contribution in [1.82, 2.24) is 4.57 Å². The van der Waals surface area contributed by atoms with Gasteiger partial charge in [0.15, 0.2) is 0 Å². The van der Waals surface area contributed by atoms with Crippen LogP contribution >= 0.6 is 0 Å². The average Bonchev–Trinajstić information content (AvgIpc) is 2.75. The number of hydrogen-bond donors (Lipinski definition) is 1. The van der Waals surface area contributed by atoms with Crippen molar-refractivity contribution in [3.05, 3.63) is 60.3 Å². The van der Waals surface area contributed by atoms with Crippen molar-refractivity contribution in [1.29, 1.82) is 0 Å². The van der Waals surface area contributed by atoms with E-state index in [0.717, 1.165) is 18.0 Å². The summed E-state index contributed by atoms with van der Waals surface area (Å²) in [5.74, 6) is 0.819. The van der Waals surface area contributed by atoms with Gasteiger partial charge in [0.05, 0.1) is 6.54 Å². The van der Waals surface area contributed by atoms with E-state index in [9.17, 15) is 0 Å². The Balaban J connectivity index is 1.73. The SMILES string of the molecule is Cc1cc2ccccc2n1CCOc1cccc(N)c1. The quantitative estimate of drug-likeness (QED) is 0.733. The zero-order valence-corrected chi connectivity index (χ0v) is 11.5. The molecule has 3 nitrogen and oxygen atoms in total. The van der Waals surface area contributed by atoms with E-state index in [4.69, 9.17) is 10.5 Å². The molecule has 0 aliphatic heterocycles. The van der Waals surface area contributed by atoms with Crippen LogP contribution in [0.3, 0.4) is 0 Å². The van der Waals surface area contributed by atoms with Gasteiger partial charge in [-0.2, -0.15) is 0 Å². The lowest BCUT2D eigenvalue weighted by Crippen LogP contribution is -2.09. The minimum atomic E-state index is 0.628. The third-order valence-corrected chi connectivity index (χ3v) is 3.46. The van der Waals surface area contributed by atoms with Gasteiger partial charge >= 0.3 is 0 Å². The minimum absolute atomic E-state index is 0.628. The van der Waals surface area contributed by atoms with Crippen LogP contribution in [0.2, 0.25) is 0 Å². The van der Waals surface area contributed by atoms with E-state index in [2.05, 4.69) is 41.8 Å². The Kier molecular flexibility index (Phi) is 3.33. The molecule has 1 aromatic heterocycles. The number of benzene rings is 2. The molecule has 2 N–H and O–H groups in total. The fourth-order valence-electron chi connectivity index (χ4n) is 2.50. The number of aromatic nitrogens is 1. The van der Waals surface area contributed by atoms with Crippen molar-refractivity contribution < 1.29 is 4.74 Å². The summed E-state index contributed by atoms with van der Waals surface area (Å²) in [6, 6.07) is 18.2. The smallest absolute Gasteiger partial charge is 0.121 e. The van der Waals surface area contributed by atoms with Crippen LogP contribution in [0.25, 0.3) is 10.9 Å². The Hall–Kier alpha value is -2.42. The molecule has 0 bridgehead atoms. The van der Waals surface area contributed by atoms with Crippen molar-refractivity contribution in [3.8, 4) is 5.75 Å². The molecular weight excluding hydrogens is 248 g/mol. The molecule has 0 radical (unpaired) electrons. The van der Waals surface area contributed by atoms with Crippen molar-refractivity contribution in [2.45, 2.75) is 13.5 Å². The third-order valence-electron chi connectivity index (χ3n) is 3.46. The summed E-state index contributed by atoms with van der Waals surface area (Å²) in [6.07, 6.45) is 0. The third kappa shape index (κ3) is 2.48. The first-order chi connectivity index (χ1) is 9.74. The van der Waals surface area contributed by atoms with E-state index in [0.29, 0.717) is 6.61 Å². The number of para-hydroxylation sites is 1. The number of ether oxygens (including phenoxy) is 1. The predicted octanol–water partition coefficient (Wildman–Crippen LogP) is 3.61. The Morgan fingerprint density at radius 3 is 2.75 bits per heavy atom. The van der Waals surface area contributed by atoms with E-state index in [-0.39, 0.29) is 0 Å². The van der Waals surface area contributed by atoms with E-state index in [1.54, 1.807) is 0 Å². The molecule has 0 unspecified atom stereocenters. The van der Waals surface area contributed by atoms with Crippen LogP contribution in [0, 0.1) is 6.92 Å². The van der Waals surface area contributed by atoms with Gasteiger partial charge in [-0.3, -0.25) is 0 Å². The molecule has 0 spiro atoms. The van der Waals surface area contributed by atoms with E-state index in [1.165, 1.54) is 16.6 Å². The normalized spacial score (nSPS) is 10.8. The molecule has 0 saturated heterocycles. The first kappa shape index (κ1) is 12.6. The van der Waals surface area contributed by atoms with Gasteiger partial charge < -0.3 is 15.0 Å². The van der Waals surface area contributed by atoms with Crippen LogP contribution in [-0.4, -0.2) is 11.2 Å². The van der Waals surface area contributed by atoms with Crippen molar-refractivity contribution >= 4 is 16.6 Å². The zero-order chi connectivity index (χ0) is 13.9. The second kappa shape index (κ2) is 5.29. The van der Waals surface area contributed by atoms with E-state index in [1.807, 2.05) is 24.3 Å². The number of rotatable bonds is 4. The maximum absolute atomic E-state index is 5.76. The maximum atomic E-state index is 5.76. The Morgan fingerprint density at radius 2 is 1.90 bits per heavy atom. The molecule has 3 rings (SSSR count). The van der Waals surface area contributed by atoms with E-state index < -0.39 is 0 Å². The van der Waals surface area contributed by atoms with Crippen LogP contribution in [0.4, 0.5) is 5.69 Å². The molecule has 20 heavy (non-hydrogen) atoms. The highest BCUT2D eigenvalue weighted by Gasteiger charge is 2.04. The van der Waals surface area contributed by atoms with Crippen LogP contribution in [-0.2, 0) is 6.54 Å². The minimum Gasteiger partial charge on any atom is -0.492 e. The van der Waals surface area contributed by atoms with Gasteiger partial charge in [-0.05, 0) is 36.6 Å². The number of aryl methyl sites for hydroxylation is 1. The summed E-state index contributed by atoms with van der Waals surface area (Å²) in [5, 5.41) is 1.27. The highest BCUT2D eigenvalue weighted by atomic mass is 16.5. The first-order valence-corrected chi connectivity index (χ1v) is 6.77. The standard InChI is InChI=1S/C17H18N2O/c1-13-11-14-5-2-3-8-17(14)19(13)9-10-20-16-7-4-6-15(18)12-16/h2-8,11-12H,9-10,18H2,1H3. The number of fused-ring (bicyclic) bond motifs is 1. The second-order valence-corrected chi connectivity index (χ2v) is 4.92. The molecule has 3 heteroatoms. The van der Waals surface area contributed by atoms with Gasteiger partial charge in [0.25, 0.3) is 0 Å². The summed E-state index contributed by atoms with van der Waals surface area (Å²) < 4.78 is 8.04. The Bertz CT molecular complexity index is 731. The zero-order valence-electron chi connectivity index (χ0n) is 11.5. The summed E-state index contributed by atoms with van der Waals surface area (Å²) in [4.78, 5) is 0. The summed E-state index contributed by atoms with van der Waals surface area (Å²) >= 11 is 0. The largest absolute Gasteiger partial charge is 0.492 e. The van der Waals surface area contributed by atoms with Crippen molar-refractivity contribution in [2.75, 3.05) is 12.3 Å². The lowest BCUT2D eigenvalue weighted by molar-refractivity contribution is 0.299. The van der Waals surface area contributed by atoms with Gasteiger partial charge in [-0.25, -0.2) is 0 Å². The molecule has 0 aliphatic rings. The Morgan fingerprint density at radius 1 is 1.05 bits per heavy atom. The highest BCUT2D eigenvalue weighted by Crippen LogP contribution is 2.19. The molecule has 0 atom stereocenters. The highest BCUT2D eigenvalue weighted by molar-refractivity contribution is 5.81. The molecule has 2 aromatic carbocycles. The number of hydrogen-bond acceptors (Lipinski definition) is 2. The number of nitrogens with zero attached hydrogens (tertiary/aromatic N) is 1. The van der Waals surface area contributed by atoms with Crippen LogP contribution < -0.4 is 10.5 Å². The van der Waals surface area contributed by atoms with Gasteiger partial charge in [0.2, 0.25) is 0 Å². The lowest BCUT2D eigenvalue weighted by atomic mass is 10.2. The summed E-state index contributed by atoms with van der Waals surface area (Å²) in [5.41, 5.74) is 8.97. The van der Waals surface area contributed by atoms with Gasteiger partial charge in [0.1, 0.15) is 12.4 Å². The molecule has 3 aromatic rings. The maximum Gasteiger partial charge on any atom is 0.121 e. The topological polar surface area (TPSA) is 40.2 Å². The monoisotopic (exact) mass is 266 g/mol. The van der Waals surface area contributed by atoms with Gasteiger partial charge in [-0.1, -0.05) is 24.3 Å². The number of nitrogen functional groups attached to an aromatic ring is 1. The van der Waals surface area contributed by atoms with Crippen LogP contribution in [0.15, 0.2) is 54.6 Å². The van der Waals surface area contributed by atoms with Crippen molar-refractivity contribution in [3.63, 3.8) is 0 Å². The van der Waals surface area contributed by atoms with E-state index >= 15 is 0 Å². The molecular formula is C17H18N2O. The number of nitrogens with two attached hydrogens (primary N) is 1. The average molecular weight is 266 g/mol. The summed E-state index contributed by atoms with van der Waals surface area (Å²) in [7, 11) is 0. The number of anilines is 1. The molecule has 1 heterocycles. The molecule has 0 fully saturated rings. The second-order valence-electron chi connectivity index (χ2n) is 4.92. The van der Waals surface area contributed by atoms with Gasteiger partial charge in [-0.15, -0.1) is 0 Å². The van der Waals surface area contributed by atoms with Crippen molar-refractivity contribution in [2.24, 2.45) is 0 Å². The van der Waals surface area contributed by atoms with Crippen LogP contribution in [0.1, 0.15) is 5.69 Å². The molecule has 0 saturated carbocycles. The van der Waals surface area contributed by atoms with Gasteiger partial charge in [0, 0.05) is 23.0 Å². The lowest BCUT2D eigenvalue weighted by Gasteiger charge is -2.10. The fourth-order valence-corrected chi connectivity index (χ4v) is 2.50. The first-order valence-electron chi connectivity index (χ1n) is 6.77. The summed E-state index contributed by atoms with van der Waals surface area (Å²) in [6.45, 7) is 3.58. The van der Waals surface area contributed by atoms with Crippen LogP contribution in [0.5, 0.6) is 5.75 Å². The predicted molar refractivity (Wildman–Crippen MR) is 83.0 cm³/mol. The molecule has 0 amide bonds.